The van der Waals surface area contributed by atoms with Gasteiger partial charge in [-0.1, -0.05) is 50.2 Å². The summed E-state index contributed by atoms with van der Waals surface area (Å²) in [7, 11) is 1.49. The van der Waals surface area contributed by atoms with Crippen molar-refractivity contribution < 1.29 is 18.8 Å². The maximum absolute atomic E-state index is 14.4. The van der Waals surface area contributed by atoms with E-state index in [0.717, 1.165) is 0 Å². The Balaban J connectivity index is 1.65. The minimum absolute atomic E-state index is 0.0517. The molecule has 4 atom stereocenters. The van der Waals surface area contributed by atoms with E-state index in [4.69, 9.17) is 0 Å². The lowest BCUT2D eigenvalue weighted by Crippen LogP contribution is -2.54. The average Bonchev–Trinajstić information content (AvgIpc) is 3.30. The van der Waals surface area contributed by atoms with Crippen LogP contribution in [-0.4, -0.2) is 35.7 Å². The number of nitrogens with one attached hydrogen (secondary N) is 1. The van der Waals surface area contributed by atoms with Crippen LogP contribution in [-0.2, 0) is 26.5 Å². The largest absolute Gasteiger partial charge is 0.306 e. The number of hydrogen-bond acceptors (Lipinski definition) is 4. The number of carbonyl (C=O) groups is 3. The first-order valence-corrected chi connectivity index (χ1v) is 11.0. The van der Waals surface area contributed by atoms with Gasteiger partial charge in [0.15, 0.2) is 0 Å². The Kier molecular flexibility index (Phi) is 4.71. The minimum atomic E-state index is -1.33. The molecule has 2 aromatic rings. The molecule has 3 heterocycles. The fraction of sp³-hybridized carbons (Fsp3) is 0.400. The van der Waals surface area contributed by atoms with Crippen LogP contribution in [0.25, 0.3) is 0 Å². The lowest BCUT2D eigenvalue weighted by molar-refractivity contribution is -0.141. The molecule has 1 N–H and O–H groups in total. The van der Waals surface area contributed by atoms with Crippen LogP contribution in [0.2, 0.25) is 0 Å². The Bertz CT molecular complexity index is 1130. The van der Waals surface area contributed by atoms with E-state index in [1.165, 1.54) is 18.0 Å². The van der Waals surface area contributed by atoms with Gasteiger partial charge in [0.1, 0.15) is 11.4 Å². The standard InChI is InChI=1S/C25H26FN3O3/c1-14(2)12-18-20-21(23(31)28(3)22(20)30)25(27-18)16-9-5-7-11-19(16)29(24(25)32)13-15-8-4-6-10-17(15)26/h4-11,14,18,20-21,27H,12-13H2,1-3H3/t18-,20-,21+,25-/m0/s1. The normalized spacial score (nSPS) is 28.9. The molecule has 0 saturated carbocycles. The fourth-order valence-corrected chi connectivity index (χ4v) is 5.76. The maximum Gasteiger partial charge on any atom is 0.253 e. The molecule has 0 bridgehead atoms. The number of anilines is 1. The number of imide groups is 1. The number of hydrogen-bond donors (Lipinski definition) is 1. The zero-order valence-corrected chi connectivity index (χ0v) is 18.3. The number of halogens is 1. The van der Waals surface area contributed by atoms with Gasteiger partial charge in [-0.2, -0.15) is 0 Å². The predicted octanol–water partition coefficient (Wildman–Crippen LogP) is 2.82. The number of nitrogens with zero attached hydrogens (tertiary/aromatic N) is 2. The summed E-state index contributed by atoms with van der Waals surface area (Å²) in [5, 5.41) is 3.46. The van der Waals surface area contributed by atoms with Crippen molar-refractivity contribution in [3.8, 4) is 0 Å². The smallest absolute Gasteiger partial charge is 0.253 e. The molecular formula is C25H26FN3O3. The van der Waals surface area contributed by atoms with Gasteiger partial charge in [-0.05, 0) is 24.5 Å². The summed E-state index contributed by atoms with van der Waals surface area (Å²) in [6.07, 6.45) is 0.665. The molecule has 6 nitrogen and oxygen atoms in total. The molecule has 0 aromatic heterocycles. The second-order valence-electron chi connectivity index (χ2n) is 9.43. The number of para-hydroxylation sites is 1. The Hall–Kier alpha value is -3.06. The van der Waals surface area contributed by atoms with Gasteiger partial charge in [0.05, 0.1) is 18.4 Å². The zero-order chi connectivity index (χ0) is 22.8. The monoisotopic (exact) mass is 435 g/mol. The summed E-state index contributed by atoms with van der Waals surface area (Å²) in [6.45, 7) is 4.17. The van der Waals surface area contributed by atoms with Crippen molar-refractivity contribution in [3.63, 3.8) is 0 Å². The molecule has 2 saturated heterocycles. The number of fused-ring (bicyclic) bond motifs is 4. The van der Waals surface area contributed by atoms with E-state index in [0.29, 0.717) is 23.2 Å². The van der Waals surface area contributed by atoms with Crippen LogP contribution in [0.15, 0.2) is 48.5 Å². The molecule has 3 aliphatic heterocycles. The van der Waals surface area contributed by atoms with Gasteiger partial charge >= 0.3 is 0 Å². The van der Waals surface area contributed by atoms with E-state index < -0.39 is 17.4 Å². The third kappa shape index (κ3) is 2.70. The van der Waals surface area contributed by atoms with Crippen LogP contribution in [0.1, 0.15) is 31.4 Å². The molecule has 7 heteroatoms. The van der Waals surface area contributed by atoms with Crippen molar-refractivity contribution >= 4 is 23.4 Å². The number of carbonyl (C=O) groups excluding carboxylic acids is 3. The first-order valence-electron chi connectivity index (χ1n) is 11.0. The van der Waals surface area contributed by atoms with E-state index in [2.05, 4.69) is 19.2 Å². The van der Waals surface area contributed by atoms with Gasteiger partial charge in [-0.25, -0.2) is 4.39 Å². The highest BCUT2D eigenvalue weighted by molar-refractivity contribution is 6.15. The molecule has 0 aliphatic carbocycles. The van der Waals surface area contributed by atoms with Gasteiger partial charge in [0.25, 0.3) is 5.91 Å². The number of likely N-dealkylation sites (tertiary alicyclic amines) is 1. The van der Waals surface area contributed by atoms with Crippen molar-refractivity contribution in [2.45, 2.75) is 38.4 Å². The third-order valence-corrected chi connectivity index (χ3v) is 7.10. The van der Waals surface area contributed by atoms with Crippen molar-refractivity contribution in [1.29, 1.82) is 0 Å². The van der Waals surface area contributed by atoms with Crippen LogP contribution in [0.4, 0.5) is 10.1 Å². The fourth-order valence-electron chi connectivity index (χ4n) is 5.76. The molecule has 2 fully saturated rings. The predicted molar refractivity (Wildman–Crippen MR) is 117 cm³/mol. The van der Waals surface area contributed by atoms with Gasteiger partial charge in [-0.15, -0.1) is 0 Å². The number of amides is 3. The van der Waals surface area contributed by atoms with Crippen molar-refractivity contribution in [2.75, 3.05) is 11.9 Å². The Morgan fingerprint density at radius 3 is 2.44 bits per heavy atom. The van der Waals surface area contributed by atoms with Gasteiger partial charge < -0.3 is 4.90 Å². The first-order chi connectivity index (χ1) is 15.3. The third-order valence-electron chi connectivity index (χ3n) is 7.10. The van der Waals surface area contributed by atoms with Crippen LogP contribution < -0.4 is 10.2 Å². The summed E-state index contributed by atoms with van der Waals surface area (Å²) < 4.78 is 14.4. The summed E-state index contributed by atoms with van der Waals surface area (Å²) in [5.74, 6) is -2.41. The van der Waals surface area contributed by atoms with Crippen molar-refractivity contribution in [3.05, 3.63) is 65.5 Å². The average molecular weight is 435 g/mol. The molecule has 166 valence electrons. The summed E-state index contributed by atoms with van der Waals surface area (Å²) in [5.41, 5.74) is 0.391. The highest BCUT2D eigenvalue weighted by Crippen LogP contribution is 2.55. The van der Waals surface area contributed by atoms with Crippen molar-refractivity contribution in [2.24, 2.45) is 17.8 Å². The van der Waals surface area contributed by atoms with Crippen LogP contribution in [0.5, 0.6) is 0 Å². The quantitative estimate of drug-likeness (QED) is 0.750. The summed E-state index contributed by atoms with van der Waals surface area (Å²) in [4.78, 5) is 43.2. The first kappa shape index (κ1) is 20.8. The van der Waals surface area contributed by atoms with Gasteiger partial charge in [0.2, 0.25) is 11.8 Å². The zero-order valence-electron chi connectivity index (χ0n) is 18.3. The van der Waals surface area contributed by atoms with Crippen LogP contribution in [0, 0.1) is 23.6 Å². The molecule has 3 aliphatic rings. The molecule has 2 aromatic carbocycles. The van der Waals surface area contributed by atoms with Crippen molar-refractivity contribution in [1.82, 2.24) is 10.2 Å². The Labute approximate surface area is 186 Å². The second-order valence-corrected chi connectivity index (χ2v) is 9.43. The molecule has 1 spiro atoms. The second kappa shape index (κ2) is 7.24. The van der Waals surface area contributed by atoms with E-state index >= 15 is 0 Å². The minimum Gasteiger partial charge on any atom is -0.306 e. The molecule has 0 radical (unpaired) electrons. The number of rotatable bonds is 4. The Morgan fingerprint density at radius 2 is 1.72 bits per heavy atom. The Morgan fingerprint density at radius 1 is 1.03 bits per heavy atom. The maximum atomic E-state index is 14.4. The van der Waals surface area contributed by atoms with Crippen LogP contribution >= 0.6 is 0 Å². The molecule has 3 amide bonds. The van der Waals surface area contributed by atoms with Gasteiger partial charge in [-0.3, -0.25) is 24.6 Å². The lowest BCUT2D eigenvalue weighted by Gasteiger charge is -2.30. The van der Waals surface area contributed by atoms with Gasteiger partial charge in [0, 0.05) is 29.9 Å². The molecule has 32 heavy (non-hydrogen) atoms. The highest BCUT2D eigenvalue weighted by atomic mass is 19.1. The topological polar surface area (TPSA) is 69.7 Å². The molecular weight excluding hydrogens is 409 g/mol. The summed E-state index contributed by atoms with van der Waals surface area (Å²) >= 11 is 0. The number of benzene rings is 2. The van der Waals surface area contributed by atoms with E-state index in [1.54, 1.807) is 23.1 Å². The molecule has 5 rings (SSSR count). The van der Waals surface area contributed by atoms with E-state index in [-0.39, 0.29) is 42.0 Å². The molecule has 0 unspecified atom stereocenters. The van der Waals surface area contributed by atoms with E-state index in [1.807, 2.05) is 24.3 Å². The SMILES string of the molecule is CC(C)C[C@@H]1N[C@]2(C(=O)N(Cc3ccccc3F)c3ccccc32)[C@H]2C(=O)N(C)C(=O)[C@@H]12. The lowest BCUT2D eigenvalue weighted by atomic mass is 9.76. The van der Waals surface area contributed by atoms with Crippen LogP contribution in [0.3, 0.4) is 0 Å². The summed E-state index contributed by atoms with van der Waals surface area (Å²) in [6, 6.07) is 13.4. The highest BCUT2D eigenvalue weighted by Gasteiger charge is 2.71. The van der Waals surface area contributed by atoms with E-state index in [9.17, 15) is 18.8 Å².